The molecular formula is C14H18O3. The molecule has 0 aliphatic heterocycles. The Morgan fingerprint density at radius 2 is 2.24 bits per heavy atom. The van der Waals surface area contributed by atoms with E-state index < -0.39 is 0 Å². The van der Waals surface area contributed by atoms with Crippen LogP contribution in [0.4, 0.5) is 0 Å². The van der Waals surface area contributed by atoms with Crippen LogP contribution in [0.5, 0.6) is 5.75 Å². The van der Waals surface area contributed by atoms with Crippen molar-refractivity contribution in [2.24, 2.45) is 0 Å². The van der Waals surface area contributed by atoms with E-state index in [-0.39, 0.29) is 12.4 Å². The Hall–Kier alpha value is -1.61. The molecule has 0 aliphatic rings. The summed E-state index contributed by atoms with van der Waals surface area (Å²) in [7, 11) is 1.56. The summed E-state index contributed by atoms with van der Waals surface area (Å²) in [6.07, 6.45) is 2.51. The van der Waals surface area contributed by atoms with Gasteiger partial charge in [0, 0.05) is 0 Å². The highest BCUT2D eigenvalue weighted by atomic mass is 16.5. The van der Waals surface area contributed by atoms with Crippen LogP contribution in [0, 0.1) is 6.92 Å². The second kappa shape index (κ2) is 6.86. The van der Waals surface area contributed by atoms with Crippen molar-refractivity contribution in [2.75, 3.05) is 20.3 Å². The maximum Gasteiger partial charge on any atom is 0.192 e. The summed E-state index contributed by atoms with van der Waals surface area (Å²) in [4.78, 5) is 11.9. The Labute approximate surface area is 102 Å². The molecule has 0 saturated carbocycles. The van der Waals surface area contributed by atoms with Gasteiger partial charge in [-0.3, -0.25) is 4.79 Å². The van der Waals surface area contributed by atoms with E-state index in [4.69, 9.17) is 9.47 Å². The molecule has 0 aliphatic carbocycles. The van der Waals surface area contributed by atoms with Crippen molar-refractivity contribution in [3.05, 3.63) is 42.0 Å². The second-order valence-electron chi connectivity index (χ2n) is 3.76. The van der Waals surface area contributed by atoms with E-state index in [0.717, 1.165) is 12.0 Å². The van der Waals surface area contributed by atoms with Crippen molar-refractivity contribution in [3.63, 3.8) is 0 Å². The molecule has 0 aromatic heterocycles. The fourth-order valence-electron chi connectivity index (χ4n) is 1.44. The first-order valence-electron chi connectivity index (χ1n) is 5.55. The molecule has 0 N–H and O–H groups in total. The van der Waals surface area contributed by atoms with Gasteiger partial charge in [0.2, 0.25) is 0 Å². The fraction of sp³-hybridized carbons (Fsp3) is 0.357. The summed E-state index contributed by atoms with van der Waals surface area (Å²) < 4.78 is 10.4. The molecule has 1 rings (SSSR count). The SMILES string of the molecule is C=CCCOCC(=O)c1ccc(C)cc1OC. The largest absolute Gasteiger partial charge is 0.496 e. The lowest BCUT2D eigenvalue weighted by molar-refractivity contribution is 0.0765. The van der Waals surface area contributed by atoms with Crippen molar-refractivity contribution < 1.29 is 14.3 Å². The minimum Gasteiger partial charge on any atom is -0.496 e. The van der Waals surface area contributed by atoms with Crippen molar-refractivity contribution in [1.29, 1.82) is 0 Å². The number of hydrogen-bond donors (Lipinski definition) is 0. The van der Waals surface area contributed by atoms with Gasteiger partial charge in [0.25, 0.3) is 0 Å². The molecule has 0 atom stereocenters. The quantitative estimate of drug-likeness (QED) is 0.413. The van der Waals surface area contributed by atoms with Gasteiger partial charge in [-0.2, -0.15) is 0 Å². The van der Waals surface area contributed by atoms with Gasteiger partial charge in [0.05, 0.1) is 19.3 Å². The number of ether oxygens (including phenoxy) is 2. The third-order valence-corrected chi connectivity index (χ3v) is 2.36. The number of Topliss-reactive ketones (excluding diaryl/α,β-unsaturated/α-hetero) is 1. The molecule has 3 heteroatoms. The number of rotatable bonds is 7. The smallest absolute Gasteiger partial charge is 0.192 e. The summed E-state index contributed by atoms with van der Waals surface area (Å²) in [6, 6.07) is 5.50. The Kier molecular flexibility index (Phi) is 5.43. The van der Waals surface area contributed by atoms with Crippen LogP contribution in [0.3, 0.4) is 0 Å². The first-order valence-corrected chi connectivity index (χ1v) is 5.55. The third-order valence-electron chi connectivity index (χ3n) is 2.36. The predicted molar refractivity (Wildman–Crippen MR) is 67.7 cm³/mol. The van der Waals surface area contributed by atoms with Crippen LogP contribution < -0.4 is 4.74 Å². The van der Waals surface area contributed by atoms with E-state index in [0.29, 0.717) is 17.9 Å². The predicted octanol–water partition coefficient (Wildman–Crippen LogP) is 2.78. The van der Waals surface area contributed by atoms with Crippen molar-refractivity contribution in [1.82, 2.24) is 0 Å². The van der Waals surface area contributed by atoms with Crippen LogP contribution >= 0.6 is 0 Å². The standard InChI is InChI=1S/C14H18O3/c1-4-5-8-17-10-13(15)12-7-6-11(2)9-14(12)16-3/h4,6-7,9H,1,5,8,10H2,2-3H3. The molecule has 1 aromatic rings. The minimum absolute atomic E-state index is 0.0640. The summed E-state index contributed by atoms with van der Waals surface area (Å²) in [5, 5.41) is 0. The molecule has 0 unspecified atom stereocenters. The van der Waals surface area contributed by atoms with E-state index in [9.17, 15) is 4.79 Å². The summed E-state index contributed by atoms with van der Waals surface area (Å²) >= 11 is 0. The average Bonchev–Trinajstić information content (AvgIpc) is 2.34. The zero-order valence-electron chi connectivity index (χ0n) is 10.4. The third kappa shape index (κ3) is 4.04. The van der Waals surface area contributed by atoms with Gasteiger partial charge >= 0.3 is 0 Å². The number of hydrogen-bond acceptors (Lipinski definition) is 3. The second-order valence-corrected chi connectivity index (χ2v) is 3.76. The van der Waals surface area contributed by atoms with Gasteiger partial charge in [-0.1, -0.05) is 12.1 Å². The molecule has 0 amide bonds. The highest BCUT2D eigenvalue weighted by Gasteiger charge is 2.12. The van der Waals surface area contributed by atoms with E-state index in [2.05, 4.69) is 6.58 Å². The Morgan fingerprint density at radius 1 is 1.47 bits per heavy atom. The van der Waals surface area contributed by atoms with Gasteiger partial charge < -0.3 is 9.47 Å². The van der Waals surface area contributed by atoms with Gasteiger partial charge in [-0.05, 0) is 31.0 Å². The molecule has 0 heterocycles. The fourth-order valence-corrected chi connectivity index (χ4v) is 1.44. The maximum absolute atomic E-state index is 11.9. The molecule has 0 bridgehead atoms. The molecule has 3 nitrogen and oxygen atoms in total. The number of benzene rings is 1. The van der Waals surface area contributed by atoms with Gasteiger partial charge in [-0.25, -0.2) is 0 Å². The first-order chi connectivity index (χ1) is 8.19. The van der Waals surface area contributed by atoms with Crippen molar-refractivity contribution in [3.8, 4) is 5.75 Å². The monoisotopic (exact) mass is 234 g/mol. The lowest BCUT2D eigenvalue weighted by atomic mass is 10.1. The number of carbonyl (C=O) groups is 1. The lowest BCUT2D eigenvalue weighted by Gasteiger charge is -2.08. The van der Waals surface area contributed by atoms with Crippen LogP contribution in [0.15, 0.2) is 30.9 Å². The first kappa shape index (κ1) is 13.5. The Bertz CT molecular complexity index is 396. The van der Waals surface area contributed by atoms with Crippen LogP contribution in [0.2, 0.25) is 0 Å². The molecule has 17 heavy (non-hydrogen) atoms. The number of methoxy groups -OCH3 is 1. The Balaban J connectivity index is 2.65. The zero-order valence-corrected chi connectivity index (χ0v) is 10.4. The zero-order chi connectivity index (χ0) is 12.7. The topological polar surface area (TPSA) is 35.5 Å². The van der Waals surface area contributed by atoms with Crippen molar-refractivity contribution >= 4 is 5.78 Å². The van der Waals surface area contributed by atoms with E-state index in [1.807, 2.05) is 19.1 Å². The lowest BCUT2D eigenvalue weighted by Crippen LogP contribution is -2.11. The van der Waals surface area contributed by atoms with E-state index in [1.54, 1.807) is 19.3 Å². The molecule has 0 spiro atoms. The molecule has 0 fully saturated rings. The van der Waals surface area contributed by atoms with Gasteiger partial charge in [-0.15, -0.1) is 6.58 Å². The van der Waals surface area contributed by atoms with Crippen LogP contribution in [-0.4, -0.2) is 26.1 Å². The minimum atomic E-state index is -0.0640. The number of aryl methyl sites for hydroxylation is 1. The van der Waals surface area contributed by atoms with Crippen LogP contribution in [-0.2, 0) is 4.74 Å². The number of carbonyl (C=O) groups excluding carboxylic acids is 1. The highest BCUT2D eigenvalue weighted by Crippen LogP contribution is 2.20. The van der Waals surface area contributed by atoms with Crippen molar-refractivity contribution in [2.45, 2.75) is 13.3 Å². The summed E-state index contributed by atoms with van der Waals surface area (Å²) in [5.41, 5.74) is 1.63. The average molecular weight is 234 g/mol. The van der Waals surface area contributed by atoms with Crippen LogP contribution in [0.1, 0.15) is 22.3 Å². The van der Waals surface area contributed by atoms with Gasteiger partial charge in [0.1, 0.15) is 12.4 Å². The summed E-state index contributed by atoms with van der Waals surface area (Å²) in [5.74, 6) is 0.535. The maximum atomic E-state index is 11.9. The Morgan fingerprint density at radius 3 is 2.88 bits per heavy atom. The molecule has 1 aromatic carbocycles. The molecular weight excluding hydrogens is 216 g/mol. The highest BCUT2D eigenvalue weighted by molar-refractivity contribution is 5.99. The summed E-state index contributed by atoms with van der Waals surface area (Å²) in [6.45, 7) is 6.14. The van der Waals surface area contributed by atoms with E-state index in [1.165, 1.54) is 0 Å². The molecule has 0 saturated heterocycles. The van der Waals surface area contributed by atoms with Crippen LogP contribution in [0.25, 0.3) is 0 Å². The number of ketones is 1. The van der Waals surface area contributed by atoms with E-state index >= 15 is 0 Å². The van der Waals surface area contributed by atoms with Gasteiger partial charge in [0.15, 0.2) is 5.78 Å². The molecule has 92 valence electrons. The molecule has 0 radical (unpaired) electrons. The normalized spacial score (nSPS) is 10.0.